The quantitative estimate of drug-likeness (QED) is 0.474. The van der Waals surface area contributed by atoms with Crippen molar-refractivity contribution < 1.29 is 23.8 Å². The molecule has 0 rings (SSSR count). The van der Waals surface area contributed by atoms with E-state index in [1.165, 1.54) is 21.3 Å². The van der Waals surface area contributed by atoms with Crippen LogP contribution in [0.2, 0.25) is 0 Å². The van der Waals surface area contributed by atoms with E-state index in [1.807, 2.05) is 0 Å². The maximum atomic E-state index is 11.3. The van der Waals surface area contributed by atoms with Gasteiger partial charge in [0.1, 0.15) is 0 Å². The Kier molecular flexibility index (Phi) is 8.46. The first kappa shape index (κ1) is 14.9. The normalized spacial score (nSPS) is 10.2. The minimum absolute atomic E-state index is 0.136. The average molecular weight is 233 g/mol. The number of esters is 1. The minimum atomic E-state index is -0.440. The first-order chi connectivity index (χ1) is 7.63. The van der Waals surface area contributed by atoms with Gasteiger partial charge in [-0.2, -0.15) is 0 Å². The number of amides is 1. The van der Waals surface area contributed by atoms with Crippen LogP contribution < -0.4 is 5.32 Å². The Labute approximate surface area is 95.2 Å². The Hall–Kier alpha value is -1.14. The molecule has 0 aliphatic heterocycles. The molecule has 0 aliphatic carbocycles. The molecule has 0 aromatic heterocycles. The van der Waals surface area contributed by atoms with Crippen molar-refractivity contribution in [3.63, 3.8) is 0 Å². The monoisotopic (exact) mass is 233 g/mol. The second-order valence-corrected chi connectivity index (χ2v) is 3.13. The summed E-state index contributed by atoms with van der Waals surface area (Å²) < 4.78 is 14.3. The van der Waals surface area contributed by atoms with Gasteiger partial charge in [0.25, 0.3) is 0 Å². The molecule has 0 aromatic rings. The van der Waals surface area contributed by atoms with Crippen LogP contribution in [0.3, 0.4) is 0 Å². The lowest BCUT2D eigenvalue weighted by Gasteiger charge is -2.13. The number of ether oxygens (including phenoxy) is 3. The summed E-state index contributed by atoms with van der Waals surface area (Å²) in [7, 11) is 4.32. The molecule has 0 fully saturated rings. The summed E-state index contributed by atoms with van der Waals surface area (Å²) in [5.74, 6) is -0.442. The summed E-state index contributed by atoms with van der Waals surface area (Å²) in [4.78, 5) is 22.0. The first-order valence-corrected chi connectivity index (χ1v) is 5.03. The Morgan fingerprint density at radius 2 is 1.75 bits per heavy atom. The van der Waals surface area contributed by atoms with E-state index in [9.17, 15) is 9.59 Å². The molecule has 0 heterocycles. The van der Waals surface area contributed by atoms with Gasteiger partial charge in [-0.3, -0.25) is 9.59 Å². The molecule has 0 atom stereocenters. The second kappa shape index (κ2) is 9.11. The highest BCUT2D eigenvalue weighted by molar-refractivity contribution is 5.76. The number of carbonyl (C=O) groups excluding carboxylic acids is 2. The van der Waals surface area contributed by atoms with Gasteiger partial charge in [-0.1, -0.05) is 0 Å². The standard InChI is InChI=1S/C10H19NO5/c1-14-9(13)6-4-5-8(12)11-7-10(15-2)16-3/h10H,4-7H2,1-3H3,(H,11,12). The Morgan fingerprint density at radius 1 is 1.12 bits per heavy atom. The van der Waals surface area contributed by atoms with E-state index >= 15 is 0 Å². The Bertz CT molecular complexity index is 215. The van der Waals surface area contributed by atoms with Crippen LogP contribution in [0.4, 0.5) is 0 Å². The molecule has 0 aliphatic rings. The van der Waals surface area contributed by atoms with E-state index in [2.05, 4.69) is 10.1 Å². The molecule has 0 saturated carbocycles. The molecular weight excluding hydrogens is 214 g/mol. The number of hydrogen-bond donors (Lipinski definition) is 1. The molecule has 16 heavy (non-hydrogen) atoms. The molecule has 0 radical (unpaired) electrons. The molecule has 1 N–H and O–H groups in total. The molecule has 0 saturated heterocycles. The summed E-state index contributed by atoms with van der Waals surface area (Å²) in [6.45, 7) is 0.296. The topological polar surface area (TPSA) is 73.9 Å². The molecule has 6 heteroatoms. The Balaban J connectivity index is 3.55. The van der Waals surface area contributed by atoms with Crippen molar-refractivity contribution in [1.82, 2.24) is 5.32 Å². The van der Waals surface area contributed by atoms with Crippen LogP contribution >= 0.6 is 0 Å². The number of carbonyl (C=O) groups is 2. The zero-order valence-electron chi connectivity index (χ0n) is 9.95. The van der Waals surface area contributed by atoms with Crippen LogP contribution in [0.1, 0.15) is 19.3 Å². The largest absolute Gasteiger partial charge is 0.469 e. The van der Waals surface area contributed by atoms with Gasteiger partial charge < -0.3 is 19.5 Å². The zero-order valence-corrected chi connectivity index (χ0v) is 9.95. The van der Waals surface area contributed by atoms with Crippen LogP contribution in [-0.4, -0.2) is 46.0 Å². The summed E-state index contributed by atoms with van der Waals surface area (Å²) >= 11 is 0. The zero-order chi connectivity index (χ0) is 12.4. The molecule has 6 nitrogen and oxygen atoms in total. The number of nitrogens with one attached hydrogen (secondary N) is 1. The molecule has 0 aromatic carbocycles. The van der Waals surface area contributed by atoms with Gasteiger partial charge in [-0.25, -0.2) is 0 Å². The van der Waals surface area contributed by atoms with E-state index in [0.29, 0.717) is 13.0 Å². The molecule has 0 unspecified atom stereocenters. The van der Waals surface area contributed by atoms with Crippen molar-refractivity contribution in [2.75, 3.05) is 27.9 Å². The van der Waals surface area contributed by atoms with Crippen molar-refractivity contribution in [3.8, 4) is 0 Å². The summed E-state index contributed by atoms with van der Waals surface area (Å²) in [5.41, 5.74) is 0. The molecule has 1 amide bonds. The lowest BCUT2D eigenvalue weighted by molar-refractivity contribution is -0.140. The minimum Gasteiger partial charge on any atom is -0.469 e. The summed E-state index contributed by atoms with van der Waals surface area (Å²) in [6, 6.07) is 0. The highest BCUT2D eigenvalue weighted by atomic mass is 16.7. The fourth-order valence-electron chi connectivity index (χ4n) is 1.04. The highest BCUT2D eigenvalue weighted by Crippen LogP contribution is 1.97. The molecular formula is C10H19NO5. The molecule has 94 valence electrons. The maximum Gasteiger partial charge on any atom is 0.305 e. The number of methoxy groups -OCH3 is 3. The van der Waals surface area contributed by atoms with Crippen LogP contribution in [-0.2, 0) is 23.8 Å². The fraction of sp³-hybridized carbons (Fsp3) is 0.800. The van der Waals surface area contributed by atoms with Crippen molar-refractivity contribution >= 4 is 11.9 Å². The van der Waals surface area contributed by atoms with Crippen molar-refractivity contribution in [1.29, 1.82) is 0 Å². The van der Waals surface area contributed by atoms with E-state index in [1.54, 1.807) is 0 Å². The summed E-state index contributed by atoms with van der Waals surface area (Å²) in [6.07, 6.45) is 0.574. The summed E-state index contributed by atoms with van der Waals surface area (Å²) in [5, 5.41) is 2.64. The Morgan fingerprint density at radius 3 is 2.25 bits per heavy atom. The van der Waals surface area contributed by atoms with Gasteiger partial charge in [0.2, 0.25) is 5.91 Å². The van der Waals surface area contributed by atoms with Gasteiger partial charge in [-0.05, 0) is 6.42 Å². The average Bonchev–Trinajstić information content (AvgIpc) is 2.30. The van der Waals surface area contributed by atoms with Crippen LogP contribution in [0.5, 0.6) is 0 Å². The third-order valence-electron chi connectivity index (χ3n) is 2.00. The smallest absolute Gasteiger partial charge is 0.305 e. The van der Waals surface area contributed by atoms with Crippen LogP contribution in [0.15, 0.2) is 0 Å². The van der Waals surface area contributed by atoms with E-state index in [-0.39, 0.29) is 24.7 Å². The fourth-order valence-corrected chi connectivity index (χ4v) is 1.04. The SMILES string of the molecule is COC(=O)CCCC(=O)NCC(OC)OC. The van der Waals surface area contributed by atoms with E-state index in [4.69, 9.17) is 9.47 Å². The third-order valence-corrected chi connectivity index (χ3v) is 2.00. The van der Waals surface area contributed by atoms with Crippen molar-refractivity contribution in [2.45, 2.75) is 25.6 Å². The van der Waals surface area contributed by atoms with E-state index in [0.717, 1.165) is 0 Å². The van der Waals surface area contributed by atoms with Gasteiger partial charge in [-0.15, -0.1) is 0 Å². The maximum absolute atomic E-state index is 11.3. The predicted octanol–water partition coefficient (Wildman–Crippen LogP) is 0.0648. The number of hydrogen-bond acceptors (Lipinski definition) is 5. The lowest BCUT2D eigenvalue weighted by Crippen LogP contribution is -2.34. The lowest BCUT2D eigenvalue weighted by atomic mass is 10.2. The van der Waals surface area contributed by atoms with Crippen LogP contribution in [0, 0.1) is 0 Å². The van der Waals surface area contributed by atoms with Gasteiger partial charge in [0.05, 0.1) is 13.7 Å². The molecule has 0 bridgehead atoms. The van der Waals surface area contributed by atoms with Gasteiger partial charge in [0.15, 0.2) is 6.29 Å². The third kappa shape index (κ3) is 7.19. The number of rotatable bonds is 8. The van der Waals surface area contributed by atoms with Crippen LogP contribution in [0.25, 0.3) is 0 Å². The first-order valence-electron chi connectivity index (χ1n) is 5.03. The second-order valence-electron chi connectivity index (χ2n) is 3.13. The predicted molar refractivity (Wildman–Crippen MR) is 56.7 cm³/mol. The highest BCUT2D eigenvalue weighted by Gasteiger charge is 2.08. The molecule has 0 spiro atoms. The van der Waals surface area contributed by atoms with Gasteiger partial charge >= 0.3 is 5.97 Å². The van der Waals surface area contributed by atoms with Crippen molar-refractivity contribution in [3.05, 3.63) is 0 Å². The van der Waals surface area contributed by atoms with Crippen molar-refractivity contribution in [2.24, 2.45) is 0 Å². The van der Waals surface area contributed by atoms with E-state index < -0.39 is 6.29 Å². The van der Waals surface area contributed by atoms with Gasteiger partial charge in [0, 0.05) is 27.1 Å².